The molecule has 0 bridgehead atoms. The number of nitrogens with zero attached hydrogens (tertiary/aromatic N) is 3. The van der Waals surface area contributed by atoms with Crippen molar-refractivity contribution in [2.24, 2.45) is 0 Å². The molecule has 3 aromatic heterocycles. The first-order chi connectivity index (χ1) is 13.1. The number of aromatic nitrogens is 4. The summed E-state index contributed by atoms with van der Waals surface area (Å²) in [6, 6.07) is 10.3. The van der Waals surface area contributed by atoms with Crippen molar-refractivity contribution in [2.75, 3.05) is 5.32 Å². The number of carbonyl (C=O) groups excluding carboxylic acids is 1. The number of anilines is 1. The summed E-state index contributed by atoms with van der Waals surface area (Å²) in [6.45, 7) is -0.238. The summed E-state index contributed by atoms with van der Waals surface area (Å²) < 4.78 is 1.22. The fourth-order valence-electron chi connectivity index (χ4n) is 2.68. The van der Waals surface area contributed by atoms with Crippen LogP contribution in [0.5, 0.6) is 0 Å². The summed E-state index contributed by atoms with van der Waals surface area (Å²) >= 11 is 1.28. The van der Waals surface area contributed by atoms with Crippen LogP contribution in [0.25, 0.3) is 22.2 Å². The first-order valence-corrected chi connectivity index (χ1v) is 8.87. The van der Waals surface area contributed by atoms with Gasteiger partial charge in [0.1, 0.15) is 6.54 Å². The quantitative estimate of drug-likeness (QED) is 0.562. The van der Waals surface area contributed by atoms with Crippen molar-refractivity contribution in [3.05, 3.63) is 75.0 Å². The maximum Gasteiger partial charge on any atom is 0.329 e. The van der Waals surface area contributed by atoms with Crippen LogP contribution >= 0.6 is 11.3 Å². The molecule has 0 unspecified atom stereocenters. The molecule has 0 saturated heterocycles. The third-order valence-corrected chi connectivity index (χ3v) is 4.67. The van der Waals surface area contributed by atoms with Gasteiger partial charge in [-0.1, -0.05) is 12.1 Å². The highest BCUT2D eigenvalue weighted by atomic mass is 32.1. The molecule has 0 spiro atoms. The molecule has 0 aliphatic rings. The minimum absolute atomic E-state index is 0.238. The number of rotatable bonds is 4. The molecule has 0 aliphatic heterocycles. The van der Waals surface area contributed by atoms with Crippen LogP contribution in [0.4, 0.5) is 5.13 Å². The van der Waals surface area contributed by atoms with Gasteiger partial charge < -0.3 is 5.32 Å². The minimum atomic E-state index is -0.635. The number of pyridine rings is 1. The van der Waals surface area contributed by atoms with Gasteiger partial charge in [0, 0.05) is 23.3 Å². The molecule has 0 fully saturated rings. The Morgan fingerprint density at radius 3 is 2.85 bits per heavy atom. The number of aromatic amines is 1. The van der Waals surface area contributed by atoms with E-state index in [1.54, 1.807) is 42.7 Å². The molecule has 3 heterocycles. The smallest absolute Gasteiger partial charge is 0.300 e. The highest BCUT2D eigenvalue weighted by Crippen LogP contribution is 2.24. The predicted molar refractivity (Wildman–Crippen MR) is 103 cm³/mol. The average Bonchev–Trinajstić information content (AvgIpc) is 3.14. The number of H-pyrrole nitrogens is 1. The summed E-state index contributed by atoms with van der Waals surface area (Å²) in [5.74, 6) is -0.415. The van der Waals surface area contributed by atoms with Gasteiger partial charge in [-0.15, -0.1) is 11.3 Å². The number of fused-ring (bicyclic) bond motifs is 1. The fraction of sp³-hybridized carbons (Fsp3) is 0.0556. The Balaban J connectivity index is 1.58. The van der Waals surface area contributed by atoms with Gasteiger partial charge in [-0.2, -0.15) is 0 Å². The monoisotopic (exact) mass is 379 g/mol. The van der Waals surface area contributed by atoms with E-state index in [1.165, 1.54) is 15.9 Å². The van der Waals surface area contributed by atoms with E-state index in [0.717, 1.165) is 5.56 Å². The Morgan fingerprint density at radius 2 is 2.04 bits per heavy atom. The Kier molecular flexibility index (Phi) is 4.35. The predicted octanol–water partition coefficient (Wildman–Crippen LogP) is 1.85. The fourth-order valence-corrected chi connectivity index (χ4v) is 3.42. The van der Waals surface area contributed by atoms with E-state index in [-0.39, 0.29) is 6.54 Å². The Hall–Kier alpha value is -3.59. The highest BCUT2D eigenvalue weighted by molar-refractivity contribution is 7.14. The zero-order valence-electron chi connectivity index (χ0n) is 13.9. The van der Waals surface area contributed by atoms with E-state index in [0.29, 0.717) is 21.7 Å². The standard InChI is InChI=1S/C18H13N5O3S/c24-15(21-17-20-13(10-27-17)11-4-3-7-19-8-11)9-23-14-6-2-1-5-12(14)16(25)22-18(23)26/h1-8,10H,9H2,(H,20,21,24)(H,22,25,26). The van der Waals surface area contributed by atoms with Crippen LogP contribution in [-0.4, -0.2) is 25.4 Å². The van der Waals surface area contributed by atoms with Crippen molar-refractivity contribution >= 4 is 33.3 Å². The normalized spacial score (nSPS) is 10.8. The van der Waals surface area contributed by atoms with E-state index in [4.69, 9.17) is 0 Å². The molecule has 2 N–H and O–H groups in total. The van der Waals surface area contributed by atoms with E-state index in [2.05, 4.69) is 20.3 Å². The molecular formula is C18H13N5O3S. The maximum absolute atomic E-state index is 12.4. The highest BCUT2D eigenvalue weighted by Gasteiger charge is 2.12. The molecule has 0 aliphatic carbocycles. The molecule has 4 aromatic rings. The van der Waals surface area contributed by atoms with Crippen molar-refractivity contribution in [3.8, 4) is 11.3 Å². The van der Waals surface area contributed by atoms with Gasteiger partial charge >= 0.3 is 5.69 Å². The topological polar surface area (TPSA) is 110 Å². The van der Waals surface area contributed by atoms with Crippen LogP contribution in [0.2, 0.25) is 0 Å². The molecule has 4 rings (SSSR count). The number of para-hydroxylation sites is 1. The van der Waals surface area contributed by atoms with E-state index in [1.807, 2.05) is 11.4 Å². The van der Waals surface area contributed by atoms with Crippen LogP contribution < -0.4 is 16.6 Å². The number of amides is 1. The Morgan fingerprint density at radius 1 is 1.19 bits per heavy atom. The number of hydrogen-bond donors (Lipinski definition) is 2. The summed E-state index contributed by atoms with van der Waals surface area (Å²) in [7, 11) is 0. The second kappa shape index (κ2) is 6.96. The number of thiazole rings is 1. The largest absolute Gasteiger partial charge is 0.329 e. The van der Waals surface area contributed by atoms with Gasteiger partial charge in [-0.3, -0.25) is 24.1 Å². The van der Waals surface area contributed by atoms with Crippen molar-refractivity contribution < 1.29 is 4.79 Å². The summed E-state index contributed by atoms with van der Waals surface area (Å²) in [6.07, 6.45) is 3.36. The number of hydrogen-bond acceptors (Lipinski definition) is 6. The summed E-state index contributed by atoms with van der Waals surface area (Å²) in [4.78, 5) is 47.1. The van der Waals surface area contributed by atoms with Gasteiger partial charge in [0.05, 0.1) is 16.6 Å². The third kappa shape index (κ3) is 3.40. The maximum atomic E-state index is 12.4. The zero-order valence-corrected chi connectivity index (χ0v) is 14.7. The van der Waals surface area contributed by atoms with Crippen LogP contribution in [-0.2, 0) is 11.3 Å². The second-order valence-corrected chi connectivity index (χ2v) is 6.55. The summed E-state index contributed by atoms with van der Waals surface area (Å²) in [5.41, 5.74) is 0.834. The number of nitrogens with one attached hydrogen (secondary N) is 2. The van der Waals surface area contributed by atoms with Crippen molar-refractivity contribution in [2.45, 2.75) is 6.54 Å². The first kappa shape index (κ1) is 16.9. The van der Waals surface area contributed by atoms with E-state index < -0.39 is 17.2 Å². The van der Waals surface area contributed by atoms with Gasteiger partial charge in [0.2, 0.25) is 5.91 Å². The van der Waals surface area contributed by atoms with Crippen LogP contribution in [0.1, 0.15) is 0 Å². The van der Waals surface area contributed by atoms with Crippen LogP contribution in [0.3, 0.4) is 0 Å². The van der Waals surface area contributed by atoms with Crippen LogP contribution in [0.15, 0.2) is 63.8 Å². The average molecular weight is 379 g/mol. The van der Waals surface area contributed by atoms with E-state index in [9.17, 15) is 14.4 Å². The Labute approximate surface area is 156 Å². The van der Waals surface area contributed by atoms with Crippen molar-refractivity contribution in [1.29, 1.82) is 0 Å². The number of benzene rings is 1. The molecule has 1 aromatic carbocycles. The van der Waals surface area contributed by atoms with Gasteiger partial charge in [-0.05, 0) is 24.3 Å². The third-order valence-electron chi connectivity index (χ3n) is 3.91. The Bertz CT molecular complexity index is 1240. The molecular weight excluding hydrogens is 366 g/mol. The minimum Gasteiger partial charge on any atom is -0.300 e. The second-order valence-electron chi connectivity index (χ2n) is 5.69. The molecule has 134 valence electrons. The lowest BCUT2D eigenvalue weighted by atomic mass is 10.2. The molecule has 1 amide bonds. The summed E-state index contributed by atoms with van der Waals surface area (Å²) in [5, 5.41) is 5.26. The lowest BCUT2D eigenvalue weighted by Gasteiger charge is -2.08. The lowest BCUT2D eigenvalue weighted by molar-refractivity contribution is -0.116. The van der Waals surface area contributed by atoms with Gasteiger partial charge in [0.15, 0.2) is 5.13 Å². The molecule has 27 heavy (non-hydrogen) atoms. The zero-order chi connectivity index (χ0) is 18.8. The van der Waals surface area contributed by atoms with Crippen molar-refractivity contribution in [1.82, 2.24) is 19.5 Å². The van der Waals surface area contributed by atoms with E-state index >= 15 is 0 Å². The van der Waals surface area contributed by atoms with Gasteiger partial charge in [-0.25, -0.2) is 9.78 Å². The first-order valence-electron chi connectivity index (χ1n) is 7.99. The van der Waals surface area contributed by atoms with Gasteiger partial charge in [0.25, 0.3) is 5.56 Å². The molecule has 8 nitrogen and oxygen atoms in total. The SMILES string of the molecule is O=C(Cn1c(=O)[nH]c(=O)c2ccccc21)Nc1nc(-c2cccnc2)cs1. The number of carbonyl (C=O) groups is 1. The molecule has 9 heteroatoms. The molecule has 0 saturated carbocycles. The molecule has 0 atom stereocenters. The van der Waals surface area contributed by atoms with Crippen molar-refractivity contribution in [3.63, 3.8) is 0 Å². The van der Waals surface area contributed by atoms with Crippen LogP contribution in [0, 0.1) is 0 Å². The molecule has 0 radical (unpaired) electrons. The lowest BCUT2D eigenvalue weighted by Crippen LogP contribution is -2.33.